The van der Waals surface area contributed by atoms with E-state index in [0.717, 1.165) is 27.9 Å². The second-order valence-electron chi connectivity index (χ2n) is 4.36. The third kappa shape index (κ3) is 2.12. The Bertz CT molecular complexity index is 737. The number of benzene rings is 1. The number of fused-ring (bicyclic) bond motifs is 1. The van der Waals surface area contributed by atoms with E-state index >= 15 is 0 Å². The molecule has 2 heterocycles. The van der Waals surface area contributed by atoms with Gasteiger partial charge in [0.2, 0.25) is 5.95 Å². The van der Waals surface area contributed by atoms with Gasteiger partial charge in [-0.3, -0.25) is 0 Å². The molecule has 4 heteroatoms. The second kappa shape index (κ2) is 4.65. The van der Waals surface area contributed by atoms with Gasteiger partial charge >= 0.3 is 0 Å². The molecular formula is C15H14N4. The Labute approximate surface area is 111 Å². The molecule has 0 saturated heterocycles. The van der Waals surface area contributed by atoms with Crippen LogP contribution in [0.2, 0.25) is 0 Å². The smallest absolute Gasteiger partial charge is 0.223 e. The zero-order chi connectivity index (χ0) is 13.2. The minimum Gasteiger partial charge on any atom is -0.357 e. The van der Waals surface area contributed by atoms with E-state index in [9.17, 15) is 0 Å². The van der Waals surface area contributed by atoms with Gasteiger partial charge in [-0.05, 0) is 24.6 Å². The SMILES string of the molecule is CNc1ncc(C)c(-c2ccc3ccccc3n2)n1. The predicted octanol–water partition coefficient (Wildman–Crippen LogP) is 3.04. The van der Waals surface area contributed by atoms with Crippen LogP contribution in [0.25, 0.3) is 22.3 Å². The normalized spacial score (nSPS) is 10.6. The fraction of sp³-hybridized carbons (Fsp3) is 0.133. The number of anilines is 1. The summed E-state index contributed by atoms with van der Waals surface area (Å²) in [6.45, 7) is 1.99. The van der Waals surface area contributed by atoms with Gasteiger partial charge in [0.15, 0.2) is 0 Å². The molecule has 0 spiro atoms. The minimum absolute atomic E-state index is 0.607. The zero-order valence-corrected chi connectivity index (χ0v) is 10.9. The van der Waals surface area contributed by atoms with Crippen LogP contribution in [0.3, 0.4) is 0 Å². The molecule has 0 radical (unpaired) electrons. The summed E-state index contributed by atoms with van der Waals surface area (Å²) in [5.74, 6) is 0.607. The quantitative estimate of drug-likeness (QED) is 0.759. The number of hydrogen-bond acceptors (Lipinski definition) is 4. The first-order valence-corrected chi connectivity index (χ1v) is 6.15. The Morgan fingerprint density at radius 3 is 2.68 bits per heavy atom. The molecule has 0 aliphatic heterocycles. The van der Waals surface area contributed by atoms with Crippen LogP contribution in [0, 0.1) is 6.92 Å². The molecule has 1 aromatic carbocycles. The van der Waals surface area contributed by atoms with Crippen LogP contribution in [-0.4, -0.2) is 22.0 Å². The highest BCUT2D eigenvalue weighted by atomic mass is 15.1. The Balaban J connectivity index is 2.18. The number of aromatic nitrogens is 3. The van der Waals surface area contributed by atoms with Gasteiger partial charge < -0.3 is 5.32 Å². The molecule has 19 heavy (non-hydrogen) atoms. The second-order valence-corrected chi connectivity index (χ2v) is 4.36. The fourth-order valence-corrected chi connectivity index (χ4v) is 2.02. The van der Waals surface area contributed by atoms with Gasteiger partial charge in [0, 0.05) is 18.6 Å². The van der Waals surface area contributed by atoms with Gasteiger partial charge in [0.05, 0.1) is 16.9 Å². The van der Waals surface area contributed by atoms with Crippen LogP contribution < -0.4 is 5.32 Å². The summed E-state index contributed by atoms with van der Waals surface area (Å²) in [5, 5.41) is 4.08. The molecule has 4 nitrogen and oxygen atoms in total. The Kier molecular flexibility index (Phi) is 2.83. The molecule has 1 N–H and O–H groups in total. The van der Waals surface area contributed by atoms with Crippen molar-refractivity contribution in [3.8, 4) is 11.4 Å². The summed E-state index contributed by atoms with van der Waals surface area (Å²) in [7, 11) is 1.81. The van der Waals surface area contributed by atoms with E-state index in [1.807, 2.05) is 44.4 Å². The van der Waals surface area contributed by atoms with Gasteiger partial charge in [-0.25, -0.2) is 15.0 Å². The van der Waals surface area contributed by atoms with Crippen LogP contribution in [0.1, 0.15) is 5.56 Å². The van der Waals surface area contributed by atoms with Gasteiger partial charge in [-0.15, -0.1) is 0 Å². The first kappa shape index (κ1) is 11.6. The molecular weight excluding hydrogens is 236 g/mol. The predicted molar refractivity (Wildman–Crippen MR) is 77.1 cm³/mol. The van der Waals surface area contributed by atoms with Gasteiger partial charge in [0.25, 0.3) is 0 Å². The van der Waals surface area contributed by atoms with Crippen LogP contribution in [0.5, 0.6) is 0 Å². The lowest BCUT2D eigenvalue weighted by molar-refractivity contribution is 1.11. The maximum Gasteiger partial charge on any atom is 0.223 e. The largest absolute Gasteiger partial charge is 0.357 e. The van der Waals surface area contributed by atoms with Crippen LogP contribution in [-0.2, 0) is 0 Å². The standard InChI is InChI=1S/C15H14N4/c1-10-9-17-15(16-2)19-14(10)13-8-7-11-5-3-4-6-12(11)18-13/h3-9H,1-2H3,(H,16,17,19). The summed E-state index contributed by atoms with van der Waals surface area (Å²) in [5.41, 5.74) is 3.73. The van der Waals surface area contributed by atoms with Crippen LogP contribution in [0.15, 0.2) is 42.6 Å². The number of pyridine rings is 1. The first-order chi connectivity index (χ1) is 9.28. The Morgan fingerprint density at radius 2 is 1.84 bits per heavy atom. The molecule has 0 unspecified atom stereocenters. The van der Waals surface area contributed by atoms with E-state index in [2.05, 4.69) is 32.4 Å². The molecule has 0 amide bonds. The lowest BCUT2D eigenvalue weighted by Crippen LogP contribution is -2.00. The highest BCUT2D eigenvalue weighted by molar-refractivity contribution is 5.81. The number of nitrogens with one attached hydrogen (secondary N) is 1. The average Bonchev–Trinajstić information content (AvgIpc) is 2.47. The molecule has 3 rings (SSSR count). The lowest BCUT2D eigenvalue weighted by atomic mass is 10.1. The molecule has 0 saturated carbocycles. The summed E-state index contributed by atoms with van der Waals surface area (Å²) in [6.07, 6.45) is 1.81. The highest BCUT2D eigenvalue weighted by Crippen LogP contribution is 2.22. The van der Waals surface area contributed by atoms with E-state index in [1.54, 1.807) is 0 Å². The van der Waals surface area contributed by atoms with Crippen molar-refractivity contribution in [1.82, 2.24) is 15.0 Å². The Hall–Kier alpha value is -2.49. The Morgan fingerprint density at radius 1 is 1.00 bits per heavy atom. The van der Waals surface area contributed by atoms with Crippen molar-refractivity contribution in [3.63, 3.8) is 0 Å². The van der Waals surface area contributed by atoms with Crippen molar-refractivity contribution in [1.29, 1.82) is 0 Å². The summed E-state index contributed by atoms with van der Waals surface area (Å²) >= 11 is 0. The van der Waals surface area contributed by atoms with Crippen molar-refractivity contribution >= 4 is 16.9 Å². The molecule has 0 bridgehead atoms. The number of para-hydroxylation sites is 1. The van der Waals surface area contributed by atoms with E-state index in [4.69, 9.17) is 0 Å². The molecule has 2 aromatic heterocycles. The molecule has 94 valence electrons. The molecule has 0 atom stereocenters. The summed E-state index contributed by atoms with van der Waals surface area (Å²) in [6, 6.07) is 12.1. The van der Waals surface area contributed by atoms with E-state index in [-0.39, 0.29) is 0 Å². The van der Waals surface area contributed by atoms with Crippen molar-refractivity contribution < 1.29 is 0 Å². The molecule has 0 aliphatic carbocycles. The maximum absolute atomic E-state index is 4.66. The number of rotatable bonds is 2. The number of nitrogens with zero attached hydrogens (tertiary/aromatic N) is 3. The number of aryl methyl sites for hydroxylation is 1. The van der Waals surface area contributed by atoms with Crippen LogP contribution >= 0.6 is 0 Å². The highest BCUT2D eigenvalue weighted by Gasteiger charge is 2.08. The van der Waals surface area contributed by atoms with E-state index in [0.29, 0.717) is 5.95 Å². The summed E-state index contributed by atoms with van der Waals surface area (Å²) < 4.78 is 0. The topological polar surface area (TPSA) is 50.7 Å². The van der Waals surface area contributed by atoms with E-state index in [1.165, 1.54) is 0 Å². The molecule has 0 fully saturated rings. The third-order valence-corrected chi connectivity index (χ3v) is 3.04. The van der Waals surface area contributed by atoms with E-state index < -0.39 is 0 Å². The zero-order valence-electron chi connectivity index (χ0n) is 10.9. The van der Waals surface area contributed by atoms with Crippen LogP contribution in [0.4, 0.5) is 5.95 Å². The van der Waals surface area contributed by atoms with Gasteiger partial charge in [0.1, 0.15) is 0 Å². The average molecular weight is 250 g/mol. The lowest BCUT2D eigenvalue weighted by Gasteiger charge is -2.07. The minimum atomic E-state index is 0.607. The van der Waals surface area contributed by atoms with Crippen molar-refractivity contribution in [2.75, 3.05) is 12.4 Å². The molecule has 3 aromatic rings. The maximum atomic E-state index is 4.66. The van der Waals surface area contributed by atoms with Gasteiger partial charge in [-0.2, -0.15) is 0 Å². The van der Waals surface area contributed by atoms with Crippen molar-refractivity contribution in [2.24, 2.45) is 0 Å². The number of hydrogen-bond donors (Lipinski definition) is 1. The molecule has 0 aliphatic rings. The third-order valence-electron chi connectivity index (χ3n) is 3.04. The monoisotopic (exact) mass is 250 g/mol. The summed E-state index contributed by atoms with van der Waals surface area (Å²) in [4.78, 5) is 13.3. The van der Waals surface area contributed by atoms with Gasteiger partial charge in [-0.1, -0.05) is 24.3 Å². The first-order valence-electron chi connectivity index (χ1n) is 6.15. The fourth-order valence-electron chi connectivity index (χ4n) is 2.02. The van der Waals surface area contributed by atoms with Crippen molar-refractivity contribution in [3.05, 3.63) is 48.2 Å². The van der Waals surface area contributed by atoms with Crippen molar-refractivity contribution in [2.45, 2.75) is 6.92 Å².